The molecule has 0 aromatic heterocycles. The molecule has 2 saturated heterocycles. The minimum atomic E-state index is -0.0958. The van der Waals surface area contributed by atoms with Crippen molar-refractivity contribution in [3.05, 3.63) is 0 Å². The highest BCUT2D eigenvalue weighted by molar-refractivity contribution is 4.92. The van der Waals surface area contributed by atoms with Gasteiger partial charge in [0.1, 0.15) is 0 Å². The Morgan fingerprint density at radius 1 is 1.33 bits per heavy atom. The van der Waals surface area contributed by atoms with Crippen LogP contribution in [0.1, 0.15) is 12.8 Å². The highest BCUT2D eigenvalue weighted by Crippen LogP contribution is 2.25. The Hall–Kier alpha value is -0.120. The van der Waals surface area contributed by atoms with E-state index in [4.69, 9.17) is 0 Å². The Balaban J connectivity index is 2.00. The van der Waals surface area contributed by atoms with Crippen LogP contribution in [0.15, 0.2) is 0 Å². The fourth-order valence-corrected chi connectivity index (χ4v) is 2.39. The molecule has 0 bridgehead atoms. The van der Waals surface area contributed by atoms with Crippen LogP contribution >= 0.6 is 0 Å². The quantitative estimate of drug-likeness (QED) is 0.522. The van der Waals surface area contributed by atoms with Crippen molar-refractivity contribution in [2.24, 2.45) is 5.92 Å². The molecule has 0 saturated carbocycles. The van der Waals surface area contributed by atoms with E-state index in [0.717, 1.165) is 19.5 Å². The summed E-state index contributed by atoms with van der Waals surface area (Å²) in [5.74, 6) is 0.509. The van der Waals surface area contributed by atoms with Gasteiger partial charge in [0.05, 0.1) is 6.10 Å². The van der Waals surface area contributed by atoms with E-state index in [9.17, 15) is 5.11 Å². The average Bonchev–Trinajstić information content (AvgIpc) is 2.28. The highest BCUT2D eigenvalue weighted by Gasteiger charge is 2.35. The van der Waals surface area contributed by atoms with E-state index in [1.54, 1.807) is 0 Å². The smallest absolute Gasteiger partial charge is 0.0708 e. The summed E-state index contributed by atoms with van der Waals surface area (Å²) in [6.45, 7) is 3.11. The number of nitrogens with one attached hydrogen (secondary N) is 1. The summed E-state index contributed by atoms with van der Waals surface area (Å²) in [5.41, 5.74) is 0. The van der Waals surface area contributed by atoms with Gasteiger partial charge in [-0.05, 0) is 33.0 Å². The standard InChI is InChI=1S/C9H18N2O/c1-11-4-2-7-8(3-5-11)10-6-9(7)12/h7-10,12H,2-6H2,1H3. The third-order valence-electron chi connectivity index (χ3n) is 3.27. The zero-order valence-electron chi connectivity index (χ0n) is 7.66. The van der Waals surface area contributed by atoms with E-state index in [2.05, 4.69) is 17.3 Å². The van der Waals surface area contributed by atoms with Crippen molar-refractivity contribution in [2.75, 3.05) is 26.7 Å². The summed E-state index contributed by atoms with van der Waals surface area (Å²) in [7, 11) is 2.16. The molecule has 3 heteroatoms. The van der Waals surface area contributed by atoms with Crippen molar-refractivity contribution >= 4 is 0 Å². The van der Waals surface area contributed by atoms with Crippen LogP contribution in [0, 0.1) is 5.92 Å². The van der Waals surface area contributed by atoms with Gasteiger partial charge in [-0.25, -0.2) is 0 Å². The Morgan fingerprint density at radius 2 is 2.08 bits per heavy atom. The van der Waals surface area contributed by atoms with Crippen LogP contribution in [0.4, 0.5) is 0 Å². The van der Waals surface area contributed by atoms with Gasteiger partial charge in [0.15, 0.2) is 0 Å². The SMILES string of the molecule is CN1CCC2NCC(O)C2CC1. The molecular weight excluding hydrogens is 152 g/mol. The topological polar surface area (TPSA) is 35.5 Å². The lowest BCUT2D eigenvalue weighted by Crippen LogP contribution is -2.28. The van der Waals surface area contributed by atoms with E-state index in [1.165, 1.54) is 13.0 Å². The van der Waals surface area contributed by atoms with Crippen molar-refractivity contribution in [3.63, 3.8) is 0 Å². The minimum Gasteiger partial charge on any atom is -0.391 e. The first-order valence-electron chi connectivity index (χ1n) is 4.87. The van der Waals surface area contributed by atoms with E-state index >= 15 is 0 Å². The van der Waals surface area contributed by atoms with Gasteiger partial charge in [0.25, 0.3) is 0 Å². The molecule has 3 nitrogen and oxygen atoms in total. The van der Waals surface area contributed by atoms with Crippen molar-refractivity contribution in [3.8, 4) is 0 Å². The molecule has 12 heavy (non-hydrogen) atoms. The van der Waals surface area contributed by atoms with Crippen LogP contribution in [-0.4, -0.2) is 48.8 Å². The fraction of sp³-hybridized carbons (Fsp3) is 1.00. The molecule has 0 aromatic rings. The molecule has 2 fully saturated rings. The van der Waals surface area contributed by atoms with E-state index < -0.39 is 0 Å². The zero-order chi connectivity index (χ0) is 8.55. The highest BCUT2D eigenvalue weighted by atomic mass is 16.3. The normalized spacial score (nSPS) is 44.0. The first kappa shape index (κ1) is 8.48. The van der Waals surface area contributed by atoms with Gasteiger partial charge in [0, 0.05) is 18.5 Å². The first-order valence-corrected chi connectivity index (χ1v) is 4.87. The van der Waals surface area contributed by atoms with Crippen LogP contribution in [-0.2, 0) is 0 Å². The molecule has 2 heterocycles. The average molecular weight is 170 g/mol. The number of rotatable bonds is 0. The number of likely N-dealkylation sites (tertiary alicyclic amines) is 1. The minimum absolute atomic E-state index is 0.0958. The monoisotopic (exact) mass is 170 g/mol. The van der Waals surface area contributed by atoms with E-state index in [0.29, 0.717) is 12.0 Å². The Morgan fingerprint density at radius 3 is 2.92 bits per heavy atom. The molecule has 0 spiro atoms. The van der Waals surface area contributed by atoms with Crippen molar-refractivity contribution < 1.29 is 5.11 Å². The Kier molecular flexibility index (Phi) is 2.35. The summed E-state index contributed by atoms with van der Waals surface area (Å²) >= 11 is 0. The fourth-order valence-electron chi connectivity index (χ4n) is 2.39. The van der Waals surface area contributed by atoms with Gasteiger partial charge in [-0.2, -0.15) is 0 Å². The number of β-amino-alcohol motifs (C(OH)–C–C–N with tert-alkyl or cyclic N) is 1. The molecule has 0 amide bonds. The third kappa shape index (κ3) is 1.49. The summed E-state index contributed by atoms with van der Waals surface area (Å²) in [4.78, 5) is 2.35. The van der Waals surface area contributed by atoms with Crippen LogP contribution in [0.2, 0.25) is 0 Å². The van der Waals surface area contributed by atoms with Gasteiger partial charge in [-0.3, -0.25) is 0 Å². The van der Waals surface area contributed by atoms with Gasteiger partial charge in [0.2, 0.25) is 0 Å². The van der Waals surface area contributed by atoms with Crippen LogP contribution in [0.25, 0.3) is 0 Å². The molecule has 3 unspecified atom stereocenters. The lowest BCUT2D eigenvalue weighted by atomic mass is 9.94. The number of aliphatic hydroxyl groups excluding tert-OH is 1. The molecule has 2 aliphatic heterocycles. The maximum absolute atomic E-state index is 9.65. The van der Waals surface area contributed by atoms with Gasteiger partial charge >= 0.3 is 0 Å². The summed E-state index contributed by atoms with van der Waals surface area (Å²) in [6, 6.07) is 0.574. The summed E-state index contributed by atoms with van der Waals surface area (Å²) < 4.78 is 0. The maximum atomic E-state index is 9.65. The zero-order valence-corrected chi connectivity index (χ0v) is 7.66. The van der Waals surface area contributed by atoms with Crippen LogP contribution < -0.4 is 5.32 Å². The molecule has 2 aliphatic rings. The molecule has 0 aliphatic carbocycles. The largest absolute Gasteiger partial charge is 0.391 e. The van der Waals surface area contributed by atoms with E-state index in [1.807, 2.05) is 0 Å². The van der Waals surface area contributed by atoms with Crippen LogP contribution in [0.5, 0.6) is 0 Å². The number of hydrogen-bond donors (Lipinski definition) is 2. The summed E-state index contributed by atoms with van der Waals surface area (Å²) in [6.07, 6.45) is 2.24. The second-order valence-corrected chi connectivity index (χ2v) is 4.13. The van der Waals surface area contributed by atoms with Crippen molar-refractivity contribution in [1.82, 2.24) is 10.2 Å². The Bertz CT molecular complexity index is 163. The lowest BCUT2D eigenvalue weighted by molar-refractivity contribution is 0.133. The molecule has 2 N–H and O–H groups in total. The van der Waals surface area contributed by atoms with Crippen molar-refractivity contribution in [1.29, 1.82) is 0 Å². The lowest BCUT2D eigenvalue weighted by Gasteiger charge is -2.16. The molecular formula is C9H18N2O. The number of aliphatic hydroxyl groups is 1. The van der Waals surface area contributed by atoms with Gasteiger partial charge in [-0.1, -0.05) is 0 Å². The predicted molar refractivity (Wildman–Crippen MR) is 48.0 cm³/mol. The summed E-state index contributed by atoms with van der Waals surface area (Å²) in [5, 5.41) is 13.0. The number of nitrogens with zero attached hydrogens (tertiary/aromatic N) is 1. The Labute approximate surface area is 73.8 Å². The molecule has 0 radical (unpaired) electrons. The van der Waals surface area contributed by atoms with Gasteiger partial charge < -0.3 is 15.3 Å². The number of hydrogen-bond acceptors (Lipinski definition) is 3. The first-order chi connectivity index (χ1) is 5.77. The molecule has 2 rings (SSSR count). The molecule has 70 valence electrons. The van der Waals surface area contributed by atoms with Crippen LogP contribution in [0.3, 0.4) is 0 Å². The second-order valence-electron chi connectivity index (χ2n) is 4.13. The second kappa shape index (κ2) is 3.32. The molecule has 0 aromatic carbocycles. The number of fused-ring (bicyclic) bond motifs is 1. The maximum Gasteiger partial charge on any atom is 0.0708 e. The third-order valence-corrected chi connectivity index (χ3v) is 3.27. The van der Waals surface area contributed by atoms with Gasteiger partial charge in [-0.15, -0.1) is 0 Å². The van der Waals surface area contributed by atoms with E-state index in [-0.39, 0.29) is 6.10 Å². The van der Waals surface area contributed by atoms with Crippen molar-refractivity contribution in [2.45, 2.75) is 25.0 Å². The molecule has 3 atom stereocenters. The predicted octanol–water partition coefficient (Wildman–Crippen LogP) is -0.339.